The van der Waals surface area contributed by atoms with Gasteiger partial charge in [0.2, 0.25) is 5.91 Å². The lowest BCUT2D eigenvalue weighted by molar-refractivity contribution is -0.120. The standard InChI is InChI=1S/C16H16BrNO3/c17-13-6-4-11(5-7-13)8-16(21)18-10-15(20)12-2-1-3-14(19)9-12/h1-7,9,15,19-20H,8,10H2,(H,18,21). The largest absolute Gasteiger partial charge is 0.508 e. The van der Waals surface area contributed by atoms with Gasteiger partial charge in [-0.05, 0) is 35.4 Å². The molecule has 0 aliphatic rings. The maximum Gasteiger partial charge on any atom is 0.224 e. The Morgan fingerprint density at radius 3 is 2.57 bits per heavy atom. The number of aliphatic hydroxyl groups excluding tert-OH is 1. The topological polar surface area (TPSA) is 69.6 Å². The highest BCUT2D eigenvalue weighted by atomic mass is 79.9. The molecular weight excluding hydrogens is 334 g/mol. The number of carbonyl (C=O) groups is 1. The maximum absolute atomic E-state index is 11.8. The van der Waals surface area contributed by atoms with Gasteiger partial charge in [0, 0.05) is 11.0 Å². The molecule has 2 aromatic carbocycles. The van der Waals surface area contributed by atoms with Crippen LogP contribution in [0.25, 0.3) is 0 Å². The summed E-state index contributed by atoms with van der Waals surface area (Å²) in [4.78, 5) is 11.8. The summed E-state index contributed by atoms with van der Waals surface area (Å²) >= 11 is 3.34. The molecule has 1 amide bonds. The van der Waals surface area contributed by atoms with Gasteiger partial charge in [-0.2, -0.15) is 0 Å². The predicted molar refractivity (Wildman–Crippen MR) is 83.9 cm³/mol. The molecule has 0 saturated carbocycles. The number of hydrogen-bond donors (Lipinski definition) is 3. The SMILES string of the molecule is O=C(Cc1ccc(Br)cc1)NCC(O)c1cccc(O)c1. The molecule has 0 heterocycles. The molecule has 1 atom stereocenters. The number of amides is 1. The number of benzene rings is 2. The minimum Gasteiger partial charge on any atom is -0.508 e. The third-order valence-corrected chi connectivity index (χ3v) is 3.55. The number of rotatable bonds is 5. The minimum absolute atomic E-state index is 0.0905. The number of phenolic OH excluding ortho intramolecular Hbond substituents is 1. The third kappa shape index (κ3) is 4.88. The quantitative estimate of drug-likeness (QED) is 0.776. The lowest BCUT2D eigenvalue weighted by Crippen LogP contribution is -2.29. The van der Waals surface area contributed by atoms with Gasteiger partial charge < -0.3 is 15.5 Å². The van der Waals surface area contributed by atoms with E-state index in [-0.39, 0.29) is 24.6 Å². The number of hydrogen-bond acceptors (Lipinski definition) is 3. The summed E-state index contributed by atoms with van der Waals surface area (Å²) in [6, 6.07) is 13.9. The Bertz CT molecular complexity index is 613. The number of nitrogens with one attached hydrogen (secondary N) is 1. The van der Waals surface area contributed by atoms with Crippen molar-refractivity contribution in [2.45, 2.75) is 12.5 Å². The fourth-order valence-electron chi connectivity index (χ4n) is 1.91. The molecule has 2 aromatic rings. The van der Waals surface area contributed by atoms with Crippen LogP contribution in [0.1, 0.15) is 17.2 Å². The Morgan fingerprint density at radius 1 is 1.19 bits per heavy atom. The number of carbonyl (C=O) groups excluding carboxylic acids is 1. The van der Waals surface area contributed by atoms with E-state index in [9.17, 15) is 15.0 Å². The van der Waals surface area contributed by atoms with Crippen LogP contribution in [0, 0.1) is 0 Å². The molecule has 2 rings (SSSR count). The van der Waals surface area contributed by atoms with E-state index in [1.165, 1.54) is 12.1 Å². The Hall–Kier alpha value is -1.85. The Kier molecular flexibility index (Phi) is 5.36. The number of halogens is 1. The molecule has 5 heteroatoms. The summed E-state index contributed by atoms with van der Waals surface area (Å²) in [7, 11) is 0. The molecule has 0 fully saturated rings. The van der Waals surface area contributed by atoms with Crippen LogP contribution in [0.15, 0.2) is 53.0 Å². The summed E-state index contributed by atoms with van der Waals surface area (Å²) in [6.07, 6.45) is -0.578. The Morgan fingerprint density at radius 2 is 1.90 bits per heavy atom. The van der Waals surface area contributed by atoms with E-state index in [2.05, 4.69) is 21.2 Å². The summed E-state index contributed by atoms with van der Waals surface area (Å²) in [6.45, 7) is 0.110. The van der Waals surface area contributed by atoms with E-state index in [0.29, 0.717) is 5.56 Å². The van der Waals surface area contributed by atoms with E-state index in [1.54, 1.807) is 12.1 Å². The highest BCUT2D eigenvalue weighted by Crippen LogP contribution is 2.17. The maximum atomic E-state index is 11.8. The van der Waals surface area contributed by atoms with Gasteiger partial charge in [0.1, 0.15) is 5.75 Å². The molecule has 3 N–H and O–H groups in total. The zero-order valence-electron chi connectivity index (χ0n) is 11.3. The fraction of sp³-hybridized carbons (Fsp3) is 0.188. The normalized spacial score (nSPS) is 11.9. The lowest BCUT2D eigenvalue weighted by atomic mass is 10.1. The van der Waals surface area contributed by atoms with Gasteiger partial charge >= 0.3 is 0 Å². The van der Waals surface area contributed by atoms with Crippen LogP contribution in [-0.4, -0.2) is 22.7 Å². The zero-order valence-corrected chi connectivity index (χ0v) is 12.9. The van der Waals surface area contributed by atoms with Crippen molar-refractivity contribution < 1.29 is 15.0 Å². The molecule has 0 aliphatic carbocycles. The van der Waals surface area contributed by atoms with Crippen LogP contribution in [0.2, 0.25) is 0 Å². The molecule has 0 aromatic heterocycles. The molecule has 110 valence electrons. The third-order valence-electron chi connectivity index (χ3n) is 3.03. The van der Waals surface area contributed by atoms with E-state index < -0.39 is 6.10 Å². The first kappa shape index (κ1) is 15.5. The number of phenols is 1. The van der Waals surface area contributed by atoms with Crippen molar-refractivity contribution in [2.24, 2.45) is 0 Å². The van der Waals surface area contributed by atoms with E-state index in [4.69, 9.17) is 0 Å². The van der Waals surface area contributed by atoms with Gasteiger partial charge in [-0.25, -0.2) is 0 Å². The van der Waals surface area contributed by atoms with Crippen molar-refractivity contribution in [3.05, 3.63) is 64.1 Å². The van der Waals surface area contributed by atoms with Crippen LogP contribution in [0.4, 0.5) is 0 Å². The summed E-state index contributed by atoms with van der Waals surface area (Å²) in [5, 5.41) is 22.0. The first-order valence-electron chi connectivity index (χ1n) is 6.53. The molecule has 0 saturated heterocycles. The summed E-state index contributed by atoms with van der Waals surface area (Å²) in [5.74, 6) is -0.0655. The molecule has 4 nitrogen and oxygen atoms in total. The predicted octanol–water partition coefficient (Wildman–Crippen LogP) is 2.55. The first-order valence-corrected chi connectivity index (χ1v) is 7.32. The van der Waals surface area contributed by atoms with Crippen molar-refractivity contribution in [1.82, 2.24) is 5.32 Å². The van der Waals surface area contributed by atoms with E-state index in [0.717, 1.165) is 10.0 Å². The average Bonchev–Trinajstić information content (AvgIpc) is 2.47. The Labute approximate surface area is 131 Å². The number of aliphatic hydroxyl groups is 1. The molecule has 0 aliphatic heterocycles. The monoisotopic (exact) mass is 349 g/mol. The van der Waals surface area contributed by atoms with Crippen LogP contribution in [0.5, 0.6) is 5.75 Å². The molecule has 0 spiro atoms. The van der Waals surface area contributed by atoms with Crippen molar-refractivity contribution >= 4 is 21.8 Å². The van der Waals surface area contributed by atoms with E-state index in [1.807, 2.05) is 24.3 Å². The highest BCUT2D eigenvalue weighted by Gasteiger charge is 2.10. The summed E-state index contributed by atoms with van der Waals surface area (Å²) in [5.41, 5.74) is 1.47. The second-order valence-electron chi connectivity index (χ2n) is 4.72. The van der Waals surface area contributed by atoms with Gasteiger partial charge in [0.05, 0.1) is 12.5 Å². The van der Waals surface area contributed by atoms with Crippen molar-refractivity contribution in [2.75, 3.05) is 6.54 Å². The average molecular weight is 350 g/mol. The number of aromatic hydroxyl groups is 1. The Balaban J connectivity index is 1.84. The highest BCUT2D eigenvalue weighted by molar-refractivity contribution is 9.10. The lowest BCUT2D eigenvalue weighted by Gasteiger charge is -2.12. The molecule has 1 unspecified atom stereocenters. The molecule has 0 bridgehead atoms. The molecule has 0 radical (unpaired) electrons. The van der Waals surface area contributed by atoms with Crippen molar-refractivity contribution in [3.8, 4) is 5.75 Å². The van der Waals surface area contributed by atoms with Crippen LogP contribution in [-0.2, 0) is 11.2 Å². The van der Waals surface area contributed by atoms with Gasteiger partial charge in [0.15, 0.2) is 0 Å². The van der Waals surface area contributed by atoms with E-state index >= 15 is 0 Å². The van der Waals surface area contributed by atoms with Gasteiger partial charge in [0.25, 0.3) is 0 Å². The second kappa shape index (κ2) is 7.24. The smallest absolute Gasteiger partial charge is 0.224 e. The van der Waals surface area contributed by atoms with Crippen LogP contribution in [0.3, 0.4) is 0 Å². The van der Waals surface area contributed by atoms with Crippen LogP contribution >= 0.6 is 15.9 Å². The van der Waals surface area contributed by atoms with Crippen LogP contribution < -0.4 is 5.32 Å². The first-order chi connectivity index (χ1) is 10.0. The van der Waals surface area contributed by atoms with Gasteiger partial charge in [-0.1, -0.05) is 40.2 Å². The fourth-order valence-corrected chi connectivity index (χ4v) is 2.17. The molecular formula is C16H16BrNO3. The van der Waals surface area contributed by atoms with Crippen molar-refractivity contribution in [3.63, 3.8) is 0 Å². The minimum atomic E-state index is -0.842. The van der Waals surface area contributed by atoms with Gasteiger partial charge in [-0.15, -0.1) is 0 Å². The van der Waals surface area contributed by atoms with Gasteiger partial charge in [-0.3, -0.25) is 4.79 Å². The second-order valence-corrected chi connectivity index (χ2v) is 5.63. The summed E-state index contributed by atoms with van der Waals surface area (Å²) < 4.78 is 0.964. The zero-order chi connectivity index (χ0) is 15.2. The van der Waals surface area contributed by atoms with Crippen molar-refractivity contribution in [1.29, 1.82) is 0 Å². The molecule has 21 heavy (non-hydrogen) atoms.